The van der Waals surface area contributed by atoms with Crippen molar-refractivity contribution in [3.63, 3.8) is 0 Å². The van der Waals surface area contributed by atoms with Gasteiger partial charge < -0.3 is 15.1 Å². The highest BCUT2D eigenvalue weighted by Crippen LogP contribution is 2.26. The number of aromatic nitrogens is 1. The van der Waals surface area contributed by atoms with Crippen molar-refractivity contribution in [1.82, 2.24) is 9.88 Å². The number of hydrogen-bond acceptors (Lipinski definition) is 5. The third-order valence-corrected chi connectivity index (χ3v) is 5.22. The molecule has 1 aliphatic rings. The summed E-state index contributed by atoms with van der Waals surface area (Å²) in [4.78, 5) is 19.1. The Bertz CT molecular complexity index is 677. The maximum atomic E-state index is 12.6. The first kappa shape index (κ1) is 16.2. The average molecular weight is 333 g/mol. The van der Waals surface area contributed by atoms with Crippen LogP contribution in [0, 0.1) is 6.92 Å². The van der Waals surface area contributed by atoms with Gasteiger partial charge in [0.05, 0.1) is 12.1 Å². The van der Waals surface area contributed by atoms with Gasteiger partial charge in [-0.1, -0.05) is 0 Å². The molecule has 0 aromatic carbocycles. The maximum absolute atomic E-state index is 12.6. The SMILES string of the molecule is Cc1ccc(-c2nc(CC(=O)N3CCCCC3C(C)N)cs2)o1. The summed E-state index contributed by atoms with van der Waals surface area (Å²) < 4.78 is 5.59. The smallest absolute Gasteiger partial charge is 0.228 e. The summed E-state index contributed by atoms with van der Waals surface area (Å²) in [7, 11) is 0. The second-order valence-electron chi connectivity index (χ2n) is 6.24. The molecule has 2 N–H and O–H groups in total. The number of nitrogens with two attached hydrogens (primary N) is 1. The van der Waals surface area contributed by atoms with Crippen LogP contribution in [0.1, 0.15) is 37.6 Å². The summed E-state index contributed by atoms with van der Waals surface area (Å²) in [5, 5.41) is 2.76. The van der Waals surface area contributed by atoms with E-state index in [2.05, 4.69) is 4.98 Å². The Morgan fingerprint density at radius 1 is 1.52 bits per heavy atom. The van der Waals surface area contributed by atoms with Crippen molar-refractivity contribution < 1.29 is 9.21 Å². The van der Waals surface area contributed by atoms with E-state index in [1.54, 1.807) is 0 Å². The van der Waals surface area contributed by atoms with Crippen LogP contribution in [0.5, 0.6) is 0 Å². The number of aryl methyl sites for hydroxylation is 1. The van der Waals surface area contributed by atoms with Gasteiger partial charge in [-0.2, -0.15) is 0 Å². The van der Waals surface area contributed by atoms with E-state index in [9.17, 15) is 4.79 Å². The molecule has 0 radical (unpaired) electrons. The van der Waals surface area contributed by atoms with Crippen LogP contribution < -0.4 is 5.73 Å². The molecule has 6 heteroatoms. The number of amides is 1. The third-order valence-electron chi connectivity index (χ3n) is 4.31. The summed E-state index contributed by atoms with van der Waals surface area (Å²) >= 11 is 1.51. The minimum absolute atomic E-state index is 0.0105. The van der Waals surface area contributed by atoms with E-state index in [1.165, 1.54) is 11.3 Å². The number of likely N-dealkylation sites (tertiary alicyclic amines) is 1. The molecule has 2 aromatic heterocycles. The predicted molar refractivity (Wildman–Crippen MR) is 91.3 cm³/mol. The van der Waals surface area contributed by atoms with Gasteiger partial charge in [-0.15, -0.1) is 11.3 Å². The number of carbonyl (C=O) groups is 1. The zero-order chi connectivity index (χ0) is 16.4. The van der Waals surface area contributed by atoms with Gasteiger partial charge in [0, 0.05) is 24.0 Å². The second kappa shape index (κ2) is 6.84. The van der Waals surface area contributed by atoms with Crippen LogP contribution >= 0.6 is 11.3 Å². The lowest BCUT2D eigenvalue weighted by Crippen LogP contribution is -2.52. The molecule has 2 unspecified atom stereocenters. The molecule has 3 rings (SSSR count). The van der Waals surface area contributed by atoms with Crippen molar-refractivity contribution in [2.45, 2.75) is 51.6 Å². The van der Waals surface area contributed by atoms with Crippen LogP contribution in [0.3, 0.4) is 0 Å². The maximum Gasteiger partial charge on any atom is 0.228 e. The highest BCUT2D eigenvalue weighted by Gasteiger charge is 2.29. The third kappa shape index (κ3) is 3.64. The Hall–Kier alpha value is -1.66. The van der Waals surface area contributed by atoms with Crippen LogP contribution in [-0.2, 0) is 11.2 Å². The number of piperidine rings is 1. The lowest BCUT2D eigenvalue weighted by Gasteiger charge is -2.38. The summed E-state index contributed by atoms with van der Waals surface area (Å²) in [5.41, 5.74) is 6.86. The monoisotopic (exact) mass is 333 g/mol. The van der Waals surface area contributed by atoms with E-state index in [0.29, 0.717) is 6.42 Å². The van der Waals surface area contributed by atoms with Crippen molar-refractivity contribution in [3.05, 3.63) is 29.0 Å². The Balaban J connectivity index is 1.69. The molecule has 124 valence electrons. The van der Waals surface area contributed by atoms with Crippen LogP contribution in [0.15, 0.2) is 21.9 Å². The molecule has 5 nitrogen and oxygen atoms in total. The minimum Gasteiger partial charge on any atom is -0.459 e. The predicted octanol–water partition coefficient (Wildman–Crippen LogP) is 2.98. The first-order valence-corrected chi connectivity index (χ1v) is 8.99. The molecule has 1 aliphatic heterocycles. The second-order valence-corrected chi connectivity index (χ2v) is 7.10. The molecule has 1 fully saturated rings. The van der Waals surface area contributed by atoms with Crippen molar-refractivity contribution >= 4 is 17.2 Å². The van der Waals surface area contributed by atoms with Gasteiger partial charge in [0.1, 0.15) is 5.76 Å². The lowest BCUT2D eigenvalue weighted by molar-refractivity contribution is -0.134. The van der Waals surface area contributed by atoms with Crippen LogP contribution in [0.25, 0.3) is 10.8 Å². The van der Waals surface area contributed by atoms with Gasteiger partial charge in [-0.25, -0.2) is 4.98 Å². The zero-order valence-electron chi connectivity index (χ0n) is 13.6. The van der Waals surface area contributed by atoms with E-state index in [1.807, 2.05) is 36.3 Å². The quantitative estimate of drug-likeness (QED) is 0.933. The van der Waals surface area contributed by atoms with Crippen molar-refractivity contribution in [3.8, 4) is 10.8 Å². The molecule has 2 atom stereocenters. The average Bonchev–Trinajstić information content (AvgIpc) is 3.16. The Morgan fingerprint density at radius 2 is 2.35 bits per heavy atom. The highest BCUT2D eigenvalue weighted by molar-refractivity contribution is 7.13. The molecular formula is C17H23N3O2S. The van der Waals surface area contributed by atoms with Gasteiger partial charge in [-0.05, 0) is 45.2 Å². The fourth-order valence-electron chi connectivity index (χ4n) is 3.12. The van der Waals surface area contributed by atoms with Gasteiger partial charge in [0.15, 0.2) is 10.8 Å². The first-order valence-electron chi connectivity index (χ1n) is 8.11. The molecule has 0 spiro atoms. The fourth-order valence-corrected chi connectivity index (χ4v) is 3.90. The number of thiazole rings is 1. The molecule has 3 heterocycles. The number of rotatable bonds is 4. The molecule has 0 saturated carbocycles. The Kier molecular flexibility index (Phi) is 4.82. The van der Waals surface area contributed by atoms with Crippen LogP contribution in [0.2, 0.25) is 0 Å². The molecule has 1 saturated heterocycles. The van der Waals surface area contributed by atoms with E-state index in [0.717, 1.165) is 48.0 Å². The van der Waals surface area contributed by atoms with Crippen LogP contribution in [0.4, 0.5) is 0 Å². The standard InChI is InChI=1S/C17H23N3O2S/c1-11-6-7-15(22-11)17-19-13(10-23-17)9-16(21)20-8-4-3-5-14(20)12(2)18/h6-7,10,12,14H,3-5,8-9,18H2,1-2H3. The zero-order valence-corrected chi connectivity index (χ0v) is 14.4. The Labute approximate surface area is 140 Å². The molecule has 0 aliphatic carbocycles. The van der Waals surface area contributed by atoms with E-state index in [-0.39, 0.29) is 18.0 Å². The molecule has 0 bridgehead atoms. The summed E-state index contributed by atoms with van der Waals surface area (Å²) in [6.45, 7) is 4.70. The summed E-state index contributed by atoms with van der Waals surface area (Å²) in [6, 6.07) is 4.00. The first-order chi connectivity index (χ1) is 11.0. The molecule has 23 heavy (non-hydrogen) atoms. The topological polar surface area (TPSA) is 72.4 Å². The fraction of sp³-hybridized carbons (Fsp3) is 0.529. The molecular weight excluding hydrogens is 310 g/mol. The normalized spacial score (nSPS) is 19.8. The van der Waals surface area contributed by atoms with Gasteiger partial charge >= 0.3 is 0 Å². The number of furan rings is 1. The van der Waals surface area contributed by atoms with E-state index in [4.69, 9.17) is 10.2 Å². The summed E-state index contributed by atoms with van der Waals surface area (Å²) in [6.07, 6.45) is 3.54. The van der Waals surface area contributed by atoms with Gasteiger partial charge in [-0.3, -0.25) is 4.79 Å². The van der Waals surface area contributed by atoms with E-state index >= 15 is 0 Å². The molecule has 2 aromatic rings. The molecule has 1 amide bonds. The van der Waals surface area contributed by atoms with Crippen molar-refractivity contribution in [1.29, 1.82) is 0 Å². The minimum atomic E-state index is 0.0105. The van der Waals surface area contributed by atoms with Crippen LogP contribution in [-0.4, -0.2) is 34.4 Å². The number of nitrogens with zero attached hydrogens (tertiary/aromatic N) is 2. The summed E-state index contributed by atoms with van der Waals surface area (Å²) in [5.74, 6) is 1.75. The van der Waals surface area contributed by atoms with Crippen molar-refractivity contribution in [2.75, 3.05) is 6.54 Å². The largest absolute Gasteiger partial charge is 0.459 e. The van der Waals surface area contributed by atoms with Crippen molar-refractivity contribution in [2.24, 2.45) is 5.73 Å². The Morgan fingerprint density at radius 3 is 3.04 bits per heavy atom. The van der Waals surface area contributed by atoms with Gasteiger partial charge in [0.2, 0.25) is 5.91 Å². The number of hydrogen-bond donors (Lipinski definition) is 1. The van der Waals surface area contributed by atoms with Gasteiger partial charge in [0.25, 0.3) is 0 Å². The number of carbonyl (C=O) groups excluding carboxylic acids is 1. The van der Waals surface area contributed by atoms with E-state index < -0.39 is 0 Å². The lowest BCUT2D eigenvalue weighted by atomic mass is 9.96. The highest BCUT2D eigenvalue weighted by atomic mass is 32.1.